The van der Waals surface area contributed by atoms with E-state index in [4.69, 9.17) is 9.84 Å². The summed E-state index contributed by atoms with van der Waals surface area (Å²) in [7, 11) is 0. The molecule has 0 aromatic heterocycles. The van der Waals surface area contributed by atoms with Crippen LogP contribution in [0.5, 0.6) is 0 Å². The van der Waals surface area contributed by atoms with Crippen molar-refractivity contribution in [2.24, 2.45) is 5.41 Å². The van der Waals surface area contributed by atoms with Crippen LogP contribution in [0.3, 0.4) is 0 Å². The normalized spacial score (nSPS) is 11.6. The van der Waals surface area contributed by atoms with Crippen LogP contribution in [0.15, 0.2) is 0 Å². The van der Waals surface area contributed by atoms with E-state index in [0.29, 0.717) is 0 Å². The SMILES string of the molecule is CC(C)(C)C(=O)COCCO. The molecule has 0 aromatic rings. The average molecular weight is 160 g/mol. The molecule has 0 amide bonds. The van der Waals surface area contributed by atoms with Gasteiger partial charge in [-0.3, -0.25) is 4.79 Å². The summed E-state index contributed by atoms with van der Waals surface area (Å²) in [5.41, 5.74) is -0.338. The maximum Gasteiger partial charge on any atom is 0.163 e. The summed E-state index contributed by atoms with van der Waals surface area (Å²) in [6.07, 6.45) is 0. The number of ether oxygens (including phenoxy) is 1. The van der Waals surface area contributed by atoms with Crippen molar-refractivity contribution in [3.05, 3.63) is 0 Å². The zero-order chi connectivity index (χ0) is 8.91. The molecule has 0 aliphatic carbocycles. The van der Waals surface area contributed by atoms with Gasteiger partial charge in [0.1, 0.15) is 6.61 Å². The van der Waals surface area contributed by atoms with Gasteiger partial charge in [0.2, 0.25) is 0 Å². The first-order valence-corrected chi connectivity index (χ1v) is 3.70. The van der Waals surface area contributed by atoms with Gasteiger partial charge in [-0.05, 0) is 0 Å². The summed E-state index contributed by atoms with van der Waals surface area (Å²) < 4.78 is 4.87. The highest BCUT2D eigenvalue weighted by Crippen LogP contribution is 2.13. The third-order valence-corrected chi connectivity index (χ3v) is 1.31. The number of carbonyl (C=O) groups is 1. The molecular weight excluding hydrogens is 144 g/mol. The van der Waals surface area contributed by atoms with Crippen LogP contribution < -0.4 is 0 Å². The van der Waals surface area contributed by atoms with Crippen molar-refractivity contribution in [3.8, 4) is 0 Å². The molecule has 0 radical (unpaired) electrons. The second kappa shape index (κ2) is 4.46. The van der Waals surface area contributed by atoms with Gasteiger partial charge >= 0.3 is 0 Å². The van der Waals surface area contributed by atoms with E-state index in [2.05, 4.69) is 0 Å². The standard InChI is InChI=1S/C8H16O3/c1-8(2,3)7(10)6-11-5-4-9/h9H,4-6H2,1-3H3. The smallest absolute Gasteiger partial charge is 0.163 e. The van der Waals surface area contributed by atoms with Crippen LogP contribution in [0.25, 0.3) is 0 Å². The Kier molecular flexibility index (Phi) is 4.30. The van der Waals surface area contributed by atoms with Crippen molar-refractivity contribution in [3.63, 3.8) is 0 Å². The maximum atomic E-state index is 11.1. The van der Waals surface area contributed by atoms with Crippen LogP contribution in [0.1, 0.15) is 20.8 Å². The molecule has 3 heteroatoms. The van der Waals surface area contributed by atoms with Crippen LogP contribution in [0, 0.1) is 5.41 Å². The van der Waals surface area contributed by atoms with E-state index in [9.17, 15) is 4.79 Å². The summed E-state index contributed by atoms with van der Waals surface area (Å²) >= 11 is 0. The molecule has 1 N–H and O–H groups in total. The fraction of sp³-hybridized carbons (Fsp3) is 0.875. The molecule has 0 spiro atoms. The quantitative estimate of drug-likeness (QED) is 0.613. The first kappa shape index (κ1) is 10.6. The van der Waals surface area contributed by atoms with Gasteiger partial charge in [-0.15, -0.1) is 0 Å². The predicted molar refractivity (Wildman–Crippen MR) is 42.4 cm³/mol. The second-order valence-corrected chi connectivity index (χ2v) is 3.45. The number of Topliss-reactive ketones (excluding diaryl/α,β-unsaturated/α-hetero) is 1. The van der Waals surface area contributed by atoms with E-state index in [1.807, 2.05) is 20.8 Å². The van der Waals surface area contributed by atoms with E-state index in [1.54, 1.807) is 0 Å². The highest BCUT2D eigenvalue weighted by molar-refractivity contribution is 5.84. The maximum absolute atomic E-state index is 11.1. The lowest BCUT2D eigenvalue weighted by Crippen LogP contribution is -2.25. The van der Waals surface area contributed by atoms with Gasteiger partial charge in [0.25, 0.3) is 0 Å². The van der Waals surface area contributed by atoms with Crippen LogP contribution in [-0.2, 0) is 9.53 Å². The largest absolute Gasteiger partial charge is 0.394 e. The minimum Gasteiger partial charge on any atom is -0.394 e. The molecular formula is C8H16O3. The molecule has 0 saturated carbocycles. The average Bonchev–Trinajstić information content (AvgIpc) is 1.86. The van der Waals surface area contributed by atoms with Crippen molar-refractivity contribution in [2.45, 2.75) is 20.8 Å². The molecule has 0 atom stereocenters. The van der Waals surface area contributed by atoms with Crippen LogP contribution in [0.2, 0.25) is 0 Å². The van der Waals surface area contributed by atoms with Gasteiger partial charge in [-0.25, -0.2) is 0 Å². The van der Waals surface area contributed by atoms with Crippen LogP contribution in [-0.4, -0.2) is 30.7 Å². The number of aliphatic hydroxyl groups excluding tert-OH is 1. The monoisotopic (exact) mass is 160 g/mol. The molecule has 0 aliphatic heterocycles. The number of hydrogen-bond donors (Lipinski definition) is 1. The fourth-order valence-corrected chi connectivity index (χ4v) is 0.446. The first-order chi connectivity index (χ1) is 4.98. The topological polar surface area (TPSA) is 46.5 Å². The summed E-state index contributed by atoms with van der Waals surface area (Å²) in [6.45, 7) is 5.84. The number of rotatable bonds is 4. The Balaban J connectivity index is 3.54. The van der Waals surface area contributed by atoms with Crippen LogP contribution >= 0.6 is 0 Å². The number of hydrogen-bond acceptors (Lipinski definition) is 3. The zero-order valence-electron chi connectivity index (χ0n) is 7.39. The van der Waals surface area contributed by atoms with Crippen molar-refractivity contribution in [2.75, 3.05) is 19.8 Å². The highest BCUT2D eigenvalue weighted by Gasteiger charge is 2.20. The zero-order valence-corrected chi connectivity index (χ0v) is 7.39. The summed E-state index contributed by atoms with van der Waals surface area (Å²) in [5, 5.41) is 8.35. The molecule has 3 nitrogen and oxygen atoms in total. The molecule has 0 unspecified atom stereocenters. The fourth-order valence-electron chi connectivity index (χ4n) is 0.446. The van der Waals surface area contributed by atoms with Gasteiger partial charge < -0.3 is 9.84 Å². The molecule has 0 rings (SSSR count). The van der Waals surface area contributed by atoms with E-state index in [-0.39, 0.29) is 31.0 Å². The Hall–Kier alpha value is -0.410. The third-order valence-electron chi connectivity index (χ3n) is 1.31. The van der Waals surface area contributed by atoms with E-state index < -0.39 is 0 Å². The molecule has 66 valence electrons. The van der Waals surface area contributed by atoms with Crippen LogP contribution in [0.4, 0.5) is 0 Å². The summed E-state index contributed by atoms with van der Waals surface area (Å²) in [4.78, 5) is 11.1. The lowest BCUT2D eigenvalue weighted by atomic mass is 9.91. The molecule has 0 bridgehead atoms. The Morgan fingerprint density at radius 1 is 1.45 bits per heavy atom. The Morgan fingerprint density at radius 3 is 2.36 bits per heavy atom. The third kappa shape index (κ3) is 4.93. The van der Waals surface area contributed by atoms with Gasteiger partial charge in [-0.2, -0.15) is 0 Å². The summed E-state index contributed by atoms with van der Waals surface area (Å²) in [5.74, 6) is 0.0611. The van der Waals surface area contributed by atoms with Gasteiger partial charge in [0.15, 0.2) is 5.78 Å². The van der Waals surface area contributed by atoms with Gasteiger partial charge in [0.05, 0.1) is 13.2 Å². The molecule has 0 heterocycles. The predicted octanol–water partition coefficient (Wildman–Crippen LogP) is 0.611. The lowest BCUT2D eigenvalue weighted by Gasteiger charge is -2.15. The molecule has 11 heavy (non-hydrogen) atoms. The van der Waals surface area contributed by atoms with Crippen molar-refractivity contribution < 1.29 is 14.6 Å². The minimum atomic E-state index is -0.338. The Labute approximate surface area is 67.4 Å². The molecule has 0 aromatic carbocycles. The molecule has 0 saturated heterocycles. The van der Waals surface area contributed by atoms with E-state index in [1.165, 1.54) is 0 Å². The van der Waals surface area contributed by atoms with E-state index >= 15 is 0 Å². The second-order valence-electron chi connectivity index (χ2n) is 3.45. The molecule has 0 fully saturated rings. The molecule has 0 aliphatic rings. The Bertz CT molecular complexity index is 124. The minimum absolute atomic E-state index is 0.0303. The Morgan fingerprint density at radius 2 is 2.00 bits per heavy atom. The van der Waals surface area contributed by atoms with Crippen molar-refractivity contribution in [1.29, 1.82) is 0 Å². The van der Waals surface area contributed by atoms with Gasteiger partial charge in [-0.1, -0.05) is 20.8 Å². The summed E-state index contributed by atoms with van der Waals surface area (Å²) in [6, 6.07) is 0. The lowest BCUT2D eigenvalue weighted by molar-refractivity contribution is -0.131. The first-order valence-electron chi connectivity index (χ1n) is 3.70. The highest BCUT2D eigenvalue weighted by atomic mass is 16.5. The number of carbonyl (C=O) groups excluding carboxylic acids is 1. The van der Waals surface area contributed by atoms with Gasteiger partial charge in [0, 0.05) is 5.41 Å². The van der Waals surface area contributed by atoms with Crippen molar-refractivity contribution >= 4 is 5.78 Å². The van der Waals surface area contributed by atoms with E-state index in [0.717, 1.165) is 0 Å². The van der Waals surface area contributed by atoms with Crippen molar-refractivity contribution in [1.82, 2.24) is 0 Å². The number of aliphatic hydroxyl groups is 1. The number of ketones is 1.